The molecule has 0 spiro atoms. The number of nitrogens with one attached hydrogen (secondary N) is 1. The number of benzene rings is 1. The molecule has 0 aliphatic heterocycles. The van der Waals surface area contributed by atoms with E-state index in [4.69, 9.17) is 4.74 Å². The molecule has 1 N–H and O–H groups in total. The van der Waals surface area contributed by atoms with Gasteiger partial charge in [-0.05, 0) is 35.4 Å². The molecule has 2 rings (SSSR count). The topological polar surface area (TPSA) is 38.3 Å². The van der Waals surface area contributed by atoms with Crippen LogP contribution in [0.3, 0.4) is 0 Å². The number of hydrogen-bond acceptors (Lipinski definition) is 2. The molecule has 0 radical (unpaired) electrons. The first-order valence-electron chi connectivity index (χ1n) is 6.82. The molecule has 0 aromatic heterocycles. The number of ether oxygens (including phenoxy) is 1. The number of carbonyl (C=O) groups is 1. The highest BCUT2D eigenvalue weighted by Gasteiger charge is 2.39. The van der Waals surface area contributed by atoms with Crippen LogP contribution in [-0.4, -0.2) is 13.0 Å². The number of anilines is 1. The fourth-order valence-electron chi connectivity index (χ4n) is 2.19. The maximum Gasteiger partial charge on any atom is 0.227 e. The SMILES string of the molecule is COc1ccc(C(C)(C)C)cc1NC(=O)[C@H]1C[C@@H]1C. The molecule has 104 valence electrons. The van der Waals surface area contributed by atoms with Gasteiger partial charge in [0.2, 0.25) is 5.91 Å². The van der Waals surface area contributed by atoms with E-state index in [0.29, 0.717) is 5.92 Å². The molecule has 1 saturated carbocycles. The standard InChI is InChI=1S/C16H23NO2/c1-10-8-12(10)15(18)17-13-9-11(16(2,3)4)6-7-14(13)19-5/h6-7,9-10,12H,8H2,1-5H3,(H,17,18)/t10-,12-/m0/s1. The van der Waals surface area contributed by atoms with Crippen LogP contribution in [-0.2, 0) is 10.2 Å². The molecule has 19 heavy (non-hydrogen) atoms. The van der Waals surface area contributed by atoms with E-state index in [1.807, 2.05) is 18.2 Å². The first kappa shape index (κ1) is 13.9. The third-order valence-electron chi connectivity index (χ3n) is 3.77. The molecule has 1 amide bonds. The maximum absolute atomic E-state index is 12.0. The van der Waals surface area contributed by atoms with Crippen molar-refractivity contribution in [1.29, 1.82) is 0 Å². The average Bonchev–Trinajstić information content (AvgIpc) is 3.05. The van der Waals surface area contributed by atoms with Crippen molar-refractivity contribution in [2.75, 3.05) is 12.4 Å². The molecular formula is C16H23NO2. The summed E-state index contributed by atoms with van der Waals surface area (Å²) in [5.74, 6) is 1.51. The molecule has 1 fully saturated rings. The smallest absolute Gasteiger partial charge is 0.227 e. The third-order valence-corrected chi connectivity index (χ3v) is 3.77. The molecule has 0 saturated heterocycles. The molecule has 0 unspecified atom stereocenters. The van der Waals surface area contributed by atoms with Crippen LogP contribution in [0, 0.1) is 11.8 Å². The first-order chi connectivity index (χ1) is 8.82. The number of hydrogen-bond donors (Lipinski definition) is 1. The second-order valence-electron chi connectivity index (χ2n) is 6.47. The summed E-state index contributed by atoms with van der Waals surface area (Å²) in [7, 11) is 1.63. The molecule has 3 nitrogen and oxygen atoms in total. The molecule has 0 bridgehead atoms. The quantitative estimate of drug-likeness (QED) is 0.903. The highest BCUT2D eigenvalue weighted by molar-refractivity contribution is 5.95. The number of carbonyl (C=O) groups excluding carboxylic acids is 1. The summed E-state index contributed by atoms with van der Waals surface area (Å²) in [5.41, 5.74) is 2.02. The molecule has 1 aromatic carbocycles. The molecule has 1 aliphatic rings. The fraction of sp³-hybridized carbons (Fsp3) is 0.562. The van der Waals surface area contributed by atoms with Crippen molar-refractivity contribution in [1.82, 2.24) is 0 Å². The Bertz CT molecular complexity index is 488. The summed E-state index contributed by atoms with van der Waals surface area (Å²) in [6, 6.07) is 5.99. The van der Waals surface area contributed by atoms with Gasteiger partial charge >= 0.3 is 0 Å². The van der Waals surface area contributed by atoms with E-state index in [1.54, 1.807) is 7.11 Å². The lowest BCUT2D eigenvalue weighted by Crippen LogP contribution is -2.17. The molecule has 2 atom stereocenters. The van der Waals surface area contributed by atoms with Gasteiger partial charge < -0.3 is 10.1 Å². The molecule has 1 aromatic rings. The van der Waals surface area contributed by atoms with Gasteiger partial charge in [0, 0.05) is 5.92 Å². The average molecular weight is 261 g/mol. The lowest BCUT2D eigenvalue weighted by atomic mass is 9.87. The summed E-state index contributed by atoms with van der Waals surface area (Å²) in [4.78, 5) is 12.0. The summed E-state index contributed by atoms with van der Waals surface area (Å²) in [6.07, 6.45) is 0.993. The van der Waals surface area contributed by atoms with E-state index in [-0.39, 0.29) is 17.2 Å². The van der Waals surface area contributed by atoms with E-state index < -0.39 is 0 Å². The monoisotopic (exact) mass is 261 g/mol. The van der Waals surface area contributed by atoms with Crippen LogP contribution in [0.2, 0.25) is 0 Å². The van der Waals surface area contributed by atoms with E-state index >= 15 is 0 Å². The second-order valence-corrected chi connectivity index (χ2v) is 6.47. The molecule has 1 aliphatic carbocycles. The fourth-order valence-corrected chi connectivity index (χ4v) is 2.19. The van der Waals surface area contributed by atoms with Crippen molar-refractivity contribution in [3.05, 3.63) is 23.8 Å². The van der Waals surface area contributed by atoms with Gasteiger partial charge in [-0.25, -0.2) is 0 Å². The van der Waals surface area contributed by atoms with Gasteiger partial charge in [-0.3, -0.25) is 4.79 Å². The molecule has 0 heterocycles. The number of methoxy groups -OCH3 is 1. The minimum atomic E-state index is 0.0542. The van der Waals surface area contributed by atoms with Gasteiger partial charge in [0.15, 0.2) is 0 Å². The summed E-state index contributed by atoms with van der Waals surface area (Å²) in [6.45, 7) is 8.57. The van der Waals surface area contributed by atoms with Crippen molar-refractivity contribution in [2.45, 2.75) is 39.5 Å². The van der Waals surface area contributed by atoms with Crippen molar-refractivity contribution >= 4 is 11.6 Å². The summed E-state index contributed by atoms with van der Waals surface area (Å²) >= 11 is 0. The van der Waals surface area contributed by atoms with Crippen LogP contribution in [0.4, 0.5) is 5.69 Å². The zero-order chi connectivity index (χ0) is 14.2. The largest absolute Gasteiger partial charge is 0.495 e. The van der Waals surface area contributed by atoms with Gasteiger partial charge in [0.1, 0.15) is 5.75 Å². The minimum absolute atomic E-state index is 0.0542. The summed E-state index contributed by atoms with van der Waals surface area (Å²) < 4.78 is 5.33. The highest BCUT2D eigenvalue weighted by Crippen LogP contribution is 2.39. The van der Waals surface area contributed by atoms with Gasteiger partial charge in [-0.15, -0.1) is 0 Å². The second kappa shape index (κ2) is 4.87. The Hall–Kier alpha value is -1.51. The van der Waals surface area contributed by atoms with Gasteiger partial charge in [0.25, 0.3) is 0 Å². The van der Waals surface area contributed by atoms with Crippen LogP contribution >= 0.6 is 0 Å². The lowest BCUT2D eigenvalue weighted by molar-refractivity contribution is -0.117. The Balaban J connectivity index is 2.23. The van der Waals surface area contributed by atoms with Crippen LogP contribution in [0.25, 0.3) is 0 Å². The minimum Gasteiger partial charge on any atom is -0.495 e. The summed E-state index contributed by atoms with van der Waals surface area (Å²) in [5, 5.41) is 3.00. The zero-order valence-corrected chi connectivity index (χ0v) is 12.4. The van der Waals surface area contributed by atoms with E-state index in [2.05, 4.69) is 33.0 Å². The molecule has 3 heteroatoms. The molecular weight excluding hydrogens is 238 g/mol. The van der Waals surface area contributed by atoms with Crippen molar-refractivity contribution in [2.24, 2.45) is 11.8 Å². The van der Waals surface area contributed by atoms with Gasteiger partial charge in [-0.1, -0.05) is 33.8 Å². The lowest BCUT2D eigenvalue weighted by Gasteiger charge is -2.21. The Morgan fingerprint density at radius 1 is 1.37 bits per heavy atom. The van der Waals surface area contributed by atoms with Crippen LogP contribution < -0.4 is 10.1 Å². The highest BCUT2D eigenvalue weighted by atomic mass is 16.5. The van der Waals surface area contributed by atoms with Crippen LogP contribution in [0.15, 0.2) is 18.2 Å². The van der Waals surface area contributed by atoms with Crippen LogP contribution in [0.5, 0.6) is 5.75 Å². The zero-order valence-electron chi connectivity index (χ0n) is 12.4. The Labute approximate surface area is 115 Å². The number of amides is 1. The van der Waals surface area contributed by atoms with E-state index in [9.17, 15) is 4.79 Å². The normalized spacial score (nSPS) is 21.9. The first-order valence-corrected chi connectivity index (χ1v) is 6.82. The Kier molecular flexibility index (Phi) is 3.57. The predicted molar refractivity (Wildman–Crippen MR) is 77.6 cm³/mol. The van der Waals surface area contributed by atoms with Gasteiger partial charge in [-0.2, -0.15) is 0 Å². The van der Waals surface area contributed by atoms with Crippen molar-refractivity contribution in [3.8, 4) is 5.75 Å². The Morgan fingerprint density at radius 2 is 2.00 bits per heavy atom. The Morgan fingerprint density at radius 3 is 2.47 bits per heavy atom. The number of rotatable bonds is 3. The van der Waals surface area contributed by atoms with E-state index in [1.165, 1.54) is 5.56 Å². The maximum atomic E-state index is 12.0. The third kappa shape index (κ3) is 3.09. The van der Waals surface area contributed by atoms with Crippen LogP contribution in [0.1, 0.15) is 39.7 Å². The van der Waals surface area contributed by atoms with Gasteiger partial charge in [0.05, 0.1) is 12.8 Å². The predicted octanol–water partition coefficient (Wildman–Crippen LogP) is 3.59. The van der Waals surface area contributed by atoms with Crippen molar-refractivity contribution in [3.63, 3.8) is 0 Å². The van der Waals surface area contributed by atoms with E-state index in [0.717, 1.165) is 17.9 Å². The van der Waals surface area contributed by atoms with Crippen molar-refractivity contribution < 1.29 is 9.53 Å².